The Morgan fingerprint density at radius 2 is 1.76 bits per heavy atom. The number of fused-ring (bicyclic) bond motifs is 1. The molecule has 5 rings (SSSR count). The van der Waals surface area contributed by atoms with Gasteiger partial charge in [-0.25, -0.2) is 19.6 Å². The molecule has 1 N–H and O–H groups in total. The summed E-state index contributed by atoms with van der Waals surface area (Å²) in [6.45, 7) is 8.47. The summed E-state index contributed by atoms with van der Waals surface area (Å²) in [4.78, 5) is 43.1. The number of hydrogen-bond donors (Lipinski definition) is 1. The van der Waals surface area contributed by atoms with Crippen molar-refractivity contribution < 1.29 is 19.1 Å². The molecule has 0 spiro atoms. The molecule has 1 aliphatic heterocycles. The standard InChI is InChI=1S/C30H35N7O4/c1-21(33-27-31-15-14-26(34-27)37-20-32-23-12-8-9-13-24(23)37)25-18-35(28(38)41-30(2,3)4)16-17-36(25)29(39)40-19-22-10-6-5-7-11-22/h5-15,20-21,25H,16-19H2,1-4H3,(H,31,33,34)/t21?,25-/m0/s1. The van der Waals surface area contributed by atoms with Crippen molar-refractivity contribution in [2.45, 2.75) is 52.0 Å². The van der Waals surface area contributed by atoms with E-state index in [-0.39, 0.29) is 19.2 Å². The van der Waals surface area contributed by atoms with E-state index in [1.54, 1.807) is 22.3 Å². The summed E-state index contributed by atoms with van der Waals surface area (Å²) in [7, 11) is 0. The van der Waals surface area contributed by atoms with E-state index < -0.39 is 23.8 Å². The quantitative estimate of drug-likeness (QED) is 0.357. The first-order valence-corrected chi connectivity index (χ1v) is 13.7. The molecule has 1 aliphatic rings. The topological polar surface area (TPSA) is 115 Å². The van der Waals surface area contributed by atoms with E-state index in [1.165, 1.54) is 0 Å². The maximum atomic E-state index is 13.3. The van der Waals surface area contributed by atoms with E-state index in [0.29, 0.717) is 24.9 Å². The minimum atomic E-state index is -0.631. The highest BCUT2D eigenvalue weighted by Crippen LogP contribution is 2.21. The number of nitrogens with one attached hydrogen (secondary N) is 1. The Morgan fingerprint density at radius 3 is 2.54 bits per heavy atom. The Bertz CT molecular complexity index is 1500. The third kappa shape index (κ3) is 6.74. The summed E-state index contributed by atoms with van der Waals surface area (Å²) in [5, 5.41) is 3.34. The lowest BCUT2D eigenvalue weighted by Gasteiger charge is -2.43. The van der Waals surface area contributed by atoms with Crippen LogP contribution in [0.1, 0.15) is 33.3 Å². The molecule has 2 amide bonds. The number of carbonyl (C=O) groups is 2. The highest BCUT2D eigenvalue weighted by Gasteiger charge is 2.38. The van der Waals surface area contributed by atoms with Crippen LogP contribution in [0.25, 0.3) is 16.9 Å². The van der Waals surface area contributed by atoms with Gasteiger partial charge in [-0.15, -0.1) is 0 Å². The number of benzene rings is 2. The van der Waals surface area contributed by atoms with E-state index in [4.69, 9.17) is 14.5 Å². The van der Waals surface area contributed by atoms with Crippen molar-refractivity contribution in [2.24, 2.45) is 0 Å². The summed E-state index contributed by atoms with van der Waals surface area (Å²) >= 11 is 0. The molecule has 1 unspecified atom stereocenters. The molecule has 214 valence electrons. The number of amides is 2. The fraction of sp³-hybridized carbons (Fsp3) is 0.367. The van der Waals surface area contributed by atoms with Gasteiger partial charge in [-0.3, -0.25) is 9.47 Å². The molecule has 1 fully saturated rings. The number of nitrogens with zero attached hydrogens (tertiary/aromatic N) is 6. The summed E-state index contributed by atoms with van der Waals surface area (Å²) in [6.07, 6.45) is 2.53. The Labute approximate surface area is 239 Å². The number of imidazole rings is 1. The fourth-order valence-electron chi connectivity index (χ4n) is 4.75. The number of piperazine rings is 1. The van der Waals surface area contributed by atoms with Gasteiger partial charge in [0.1, 0.15) is 24.4 Å². The number of aromatic nitrogens is 4. The van der Waals surface area contributed by atoms with Crippen LogP contribution in [0.15, 0.2) is 73.2 Å². The van der Waals surface area contributed by atoms with Crippen molar-refractivity contribution >= 4 is 29.2 Å². The number of ether oxygens (including phenoxy) is 2. The summed E-state index contributed by atoms with van der Waals surface area (Å²) in [6, 6.07) is 18.4. The highest BCUT2D eigenvalue weighted by molar-refractivity contribution is 5.76. The molecule has 11 heteroatoms. The minimum absolute atomic E-state index is 0.157. The zero-order valence-electron chi connectivity index (χ0n) is 23.7. The summed E-state index contributed by atoms with van der Waals surface area (Å²) in [5.41, 5.74) is 2.06. The van der Waals surface area contributed by atoms with E-state index >= 15 is 0 Å². The van der Waals surface area contributed by atoms with Gasteiger partial charge in [-0.2, -0.15) is 4.98 Å². The molecule has 41 heavy (non-hydrogen) atoms. The van der Waals surface area contributed by atoms with Crippen molar-refractivity contribution in [1.29, 1.82) is 0 Å². The third-order valence-corrected chi connectivity index (χ3v) is 6.79. The molecular formula is C30H35N7O4. The van der Waals surface area contributed by atoms with Gasteiger partial charge in [0.2, 0.25) is 5.95 Å². The molecule has 3 heterocycles. The van der Waals surface area contributed by atoms with Gasteiger partial charge in [0.25, 0.3) is 0 Å². The number of hydrogen-bond acceptors (Lipinski definition) is 8. The summed E-state index contributed by atoms with van der Waals surface area (Å²) in [5.74, 6) is 1.04. The smallest absolute Gasteiger partial charge is 0.410 e. The molecule has 0 aliphatic carbocycles. The second kappa shape index (κ2) is 11.8. The Hall–Kier alpha value is -4.67. The minimum Gasteiger partial charge on any atom is -0.445 e. The predicted molar refractivity (Wildman–Crippen MR) is 155 cm³/mol. The van der Waals surface area contributed by atoms with E-state index in [9.17, 15) is 9.59 Å². The first-order chi connectivity index (χ1) is 19.7. The largest absolute Gasteiger partial charge is 0.445 e. The van der Waals surface area contributed by atoms with Crippen LogP contribution in [-0.4, -0.2) is 78.8 Å². The van der Waals surface area contributed by atoms with Crippen LogP contribution >= 0.6 is 0 Å². The van der Waals surface area contributed by atoms with E-state index in [0.717, 1.165) is 16.6 Å². The van der Waals surface area contributed by atoms with Crippen LogP contribution in [0.5, 0.6) is 0 Å². The molecule has 11 nitrogen and oxygen atoms in total. The normalized spacial score (nSPS) is 16.3. The van der Waals surface area contributed by atoms with Crippen LogP contribution in [0.3, 0.4) is 0 Å². The molecule has 4 aromatic rings. The molecule has 2 aromatic carbocycles. The maximum absolute atomic E-state index is 13.3. The second-order valence-electron chi connectivity index (χ2n) is 11.0. The lowest BCUT2D eigenvalue weighted by Crippen LogP contribution is -2.61. The van der Waals surface area contributed by atoms with Gasteiger partial charge in [0, 0.05) is 31.9 Å². The molecule has 0 saturated carbocycles. The van der Waals surface area contributed by atoms with Crippen molar-refractivity contribution in [1.82, 2.24) is 29.3 Å². The van der Waals surface area contributed by atoms with Gasteiger partial charge < -0.3 is 19.7 Å². The Balaban J connectivity index is 1.34. The zero-order chi connectivity index (χ0) is 29.0. The summed E-state index contributed by atoms with van der Waals surface area (Å²) < 4.78 is 13.2. The van der Waals surface area contributed by atoms with Crippen LogP contribution in [0, 0.1) is 0 Å². The zero-order valence-corrected chi connectivity index (χ0v) is 23.7. The third-order valence-electron chi connectivity index (χ3n) is 6.79. The molecule has 0 bridgehead atoms. The van der Waals surface area contributed by atoms with Crippen LogP contribution in [0.4, 0.5) is 15.5 Å². The Kier molecular flexibility index (Phi) is 8.04. The van der Waals surface area contributed by atoms with Gasteiger partial charge in [-0.05, 0) is 51.5 Å². The van der Waals surface area contributed by atoms with Gasteiger partial charge in [-0.1, -0.05) is 42.5 Å². The van der Waals surface area contributed by atoms with Crippen LogP contribution < -0.4 is 5.32 Å². The number of carbonyl (C=O) groups excluding carboxylic acids is 2. The number of para-hydroxylation sites is 2. The Morgan fingerprint density at radius 1 is 1.00 bits per heavy atom. The van der Waals surface area contributed by atoms with Crippen molar-refractivity contribution in [3.8, 4) is 5.82 Å². The predicted octanol–water partition coefficient (Wildman–Crippen LogP) is 4.87. The van der Waals surface area contributed by atoms with E-state index in [1.807, 2.05) is 92.9 Å². The first kappa shape index (κ1) is 27.9. The van der Waals surface area contributed by atoms with Crippen LogP contribution in [0.2, 0.25) is 0 Å². The first-order valence-electron chi connectivity index (χ1n) is 13.7. The number of rotatable bonds is 6. The van der Waals surface area contributed by atoms with E-state index in [2.05, 4.69) is 15.3 Å². The van der Waals surface area contributed by atoms with Gasteiger partial charge in [0.15, 0.2) is 0 Å². The fourth-order valence-corrected chi connectivity index (χ4v) is 4.75. The molecular weight excluding hydrogens is 522 g/mol. The van der Waals surface area contributed by atoms with Gasteiger partial charge >= 0.3 is 12.2 Å². The molecule has 2 aromatic heterocycles. The molecule has 1 saturated heterocycles. The monoisotopic (exact) mass is 557 g/mol. The second-order valence-corrected chi connectivity index (χ2v) is 11.0. The lowest BCUT2D eigenvalue weighted by atomic mass is 10.1. The molecule has 0 radical (unpaired) electrons. The average molecular weight is 558 g/mol. The maximum Gasteiger partial charge on any atom is 0.410 e. The number of anilines is 1. The highest BCUT2D eigenvalue weighted by atomic mass is 16.6. The lowest BCUT2D eigenvalue weighted by molar-refractivity contribution is -0.000536. The van der Waals surface area contributed by atoms with Crippen molar-refractivity contribution in [3.63, 3.8) is 0 Å². The molecule has 2 atom stereocenters. The van der Waals surface area contributed by atoms with Gasteiger partial charge in [0.05, 0.1) is 17.1 Å². The van der Waals surface area contributed by atoms with Crippen molar-refractivity contribution in [2.75, 3.05) is 25.0 Å². The average Bonchev–Trinajstić information content (AvgIpc) is 3.40. The SMILES string of the molecule is CC(Nc1nccc(-n2cnc3ccccc32)n1)[C@@H]1CN(C(=O)OC(C)(C)C)CCN1C(=O)OCc1ccccc1. The van der Waals surface area contributed by atoms with Crippen molar-refractivity contribution in [3.05, 3.63) is 78.8 Å². The van der Waals surface area contributed by atoms with Crippen LogP contribution in [-0.2, 0) is 16.1 Å².